The van der Waals surface area contributed by atoms with Gasteiger partial charge >= 0.3 is 0 Å². The summed E-state index contributed by atoms with van der Waals surface area (Å²) in [7, 11) is 0. The van der Waals surface area contributed by atoms with Crippen molar-refractivity contribution in [3.05, 3.63) is 35.5 Å². The molecule has 126 valence electrons. The normalized spacial score (nSPS) is 21.2. The average molecular weight is 313 g/mol. The first-order valence-electron chi connectivity index (χ1n) is 9.12. The van der Waals surface area contributed by atoms with E-state index in [0.717, 1.165) is 6.54 Å². The fourth-order valence-electron chi connectivity index (χ4n) is 4.22. The molecule has 1 fully saturated rings. The molecule has 1 aromatic carbocycles. The number of aryl methyl sites for hydroxylation is 1. The molecule has 1 aromatic heterocycles. The van der Waals surface area contributed by atoms with Crippen molar-refractivity contribution >= 4 is 10.9 Å². The highest BCUT2D eigenvalue weighted by molar-refractivity contribution is 5.84. The molecule has 0 radical (unpaired) electrons. The van der Waals surface area contributed by atoms with Gasteiger partial charge in [-0.15, -0.1) is 0 Å². The topological polar surface area (TPSA) is 45.1 Å². The summed E-state index contributed by atoms with van der Waals surface area (Å²) < 4.78 is 0. The number of benzene rings is 1. The molecule has 1 saturated heterocycles. The van der Waals surface area contributed by atoms with Gasteiger partial charge in [0.2, 0.25) is 0 Å². The van der Waals surface area contributed by atoms with Crippen molar-refractivity contribution in [2.45, 2.75) is 52.0 Å². The molecule has 2 unspecified atom stereocenters. The lowest BCUT2D eigenvalue weighted by Gasteiger charge is -2.41. The van der Waals surface area contributed by atoms with Crippen molar-refractivity contribution in [3.8, 4) is 0 Å². The quantitative estimate of drug-likeness (QED) is 0.875. The van der Waals surface area contributed by atoms with E-state index in [-0.39, 0.29) is 0 Å². The van der Waals surface area contributed by atoms with Gasteiger partial charge in [0.05, 0.1) is 0 Å². The molecule has 0 amide bonds. The molecule has 2 aromatic rings. The Kier molecular flexibility index (Phi) is 5.08. The van der Waals surface area contributed by atoms with Gasteiger partial charge in [0, 0.05) is 42.1 Å². The van der Waals surface area contributed by atoms with Gasteiger partial charge < -0.3 is 10.7 Å². The van der Waals surface area contributed by atoms with Gasteiger partial charge in [-0.1, -0.05) is 31.9 Å². The number of fused-ring (bicyclic) bond motifs is 1. The zero-order valence-corrected chi connectivity index (χ0v) is 14.8. The highest BCUT2D eigenvalue weighted by Gasteiger charge is 2.31. The van der Waals surface area contributed by atoms with Crippen LogP contribution in [0.15, 0.2) is 24.4 Å². The molecule has 3 heteroatoms. The van der Waals surface area contributed by atoms with Crippen LogP contribution in [0.2, 0.25) is 0 Å². The Bertz CT molecular complexity index is 643. The SMILES string of the molecule is Cc1ccc2[nH]cc(C(CN)C3CCCCN3CC(C)C)c2c1. The number of hydrogen-bond donors (Lipinski definition) is 2. The second-order valence-electron chi connectivity index (χ2n) is 7.59. The molecule has 2 atom stereocenters. The van der Waals surface area contributed by atoms with Crippen LogP contribution in [0.5, 0.6) is 0 Å². The van der Waals surface area contributed by atoms with Crippen LogP contribution < -0.4 is 5.73 Å². The molecular weight excluding hydrogens is 282 g/mol. The molecule has 23 heavy (non-hydrogen) atoms. The highest BCUT2D eigenvalue weighted by Crippen LogP contribution is 2.34. The van der Waals surface area contributed by atoms with Crippen molar-refractivity contribution in [3.63, 3.8) is 0 Å². The summed E-state index contributed by atoms with van der Waals surface area (Å²) in [4.78, 5) is 6.15. The maximum atomic E-state index is 6.28. The smallest absolute Gasteiger partial charge is 0.0457 e. The number of hydrogen-bond acceptors (Lipinski definition) is 2. The number of aromatic amines is 1. The van der Waals surface area contributed by atoms with Crippen LogP contribution in [0.25, 0.3) is 10.9 Å². The van der Waals surface area contributed by atoms with E-state index in [4.69, 9.17) is 5.73 Å². The fraction of sp³-hybridized carbons (Fsp3) is 0.600. The first kappa shape index (κ1) is 16.5. The Hall–Kier alpha value is -1.32. The lowest BCUT2D eigenvalue weighted by atomic mass is 9.84. The second-order valence-corrected chi connectivity index (χ2v) is 7.59. The van der Waals surface area contributed by atoms with Gasteiger partial charge in [0.25, 0.3) is 0 Å². The van der Waals surface area contributed by atoms with E-state index in [1.165, 1.54) is 54.4 Å². The Balaban J connectivity index is 1.94. The Morgan fingerprint density at radius 3 is 2.87 bits per heavy atom. The van der Waals surface area contributed by atoms with Crippen LogP contribution in [0, 0.1) is 12.8 Å². The van der Waals surface area contributed by atoms with Gasteiger partial charge in [0.15, 0.2) is 0 Å². The standard InChI is InChI=1S/C20H31N3/c1-14(2)13-23-9-5-4-6-20(23)17(11-21)18-12-22-19-8-7-15(3)10-16(18)19/h7-8,10,12,14,17,20,22H,4-6,9,11,13,21H2,1-3H3. The summed E-state index contributed by atoms with van der Waals surface area (Å²) >= 11 is 0. The van der Waals surface area contributed by atoms with Crippen molar-refractivity contribution in [2.75, 3.05) is 19.6 Å². The molecule has 0 aliphatic carbocycles. The number of nitrogens with two attached hydrogens (primary N) is 1. The minimum absolute atomic E-state index is 0.421. The monoisotopic (exact) mass is 313 g/mol. The number of rotatable bonds is 5. The number of likely N-dealkylation sites (tertiary alicyclic amines) is 1. The fourth-order valence-corrected chi connectivity index (χ4v) is 4.22. The Morgan fingerprint density at radius 2 is 2.13 bits per heavy atom. The maximum absolute atomic E-state index is 6.28. The van der Waals surface area contributed by atoms with E-state index in [1.54, 1.807) is 0 Å². The van der Waals surface area contributed by atoms with Crippen molar-refractivity contribution in [1.82, 2.24) is 9.88 Å². The van der Waals surface area contributed by atoms with Crippen LogP contribution in [0.3, 0.4) is 0 Å². The highest BCUT2D eigenvalue weighted by atomic mass is 15.2. The molecule has 2 heterocycles. The number of piperidine rings is 1. The molecule has 0 spiro atoms. The minimum atomic E-state index is 0.421. The molecular formula is C20H31N3. The van der Waals surface area contributed by atoms with Crippen LogP contribution in [0.1, 0.15) is 50.2 Å². The summed E-state index contributed by atoms with van der Waals surface area (Å²) in [6, 6.07) is 7.25. The number of nitrogens with one attached hydrogen (secondary N) is 1. The lowest BCUT2D eigenvalue weighted by molar-refractivity contribution is 0.113. The van der Waals surface area contributed by atoms with Crippen molar-refractivity contribution < 1.29 is 0 Å². The lowest BCUT2D eigenvalue weighted by Crippen LogP contribution is -2.46. The summed E-state index contributed by atoms with van der Waals surface area (Å²) in [5.74, 6) is 1.13. The van der Waals surface area contributed by atoms with E-state index in [9.17, 15) is 0 Å². The van der Waals surface area contributed by atoms with Gasteiger partial charge in [-0.2, -0.15) is 0 Å². The van der Waals surface area contributed by atoms with E-state index >= 15 is 0 Å². The zero-order valence-electron chi connectivity index (χ0n) is 14.8. The van der Waals surface area contributed by atoms with Gasteiger partial charge in [-0.05, 0) is 49.9 Å². The first-order valence-corrected chi connectivity index (χ1v) is 9.12. The molecule has 1 aliphatic heterocycles. The second kappa shape index (κ2) is 7.06. The van der Waals surface area contributed by atoms with E-state index in [1.807, 2.05) is 0 Å². The molecule has 1 aliphatic rings. The Morgan fingerprint density at radius 1 is 1.30 bits per heavy atom. The molecule has 0 bridgehead atoms. The third kappa shape index (κ3) is 3.46. The van der Waals surface area contributed by atoms with Crippen LogP contribution in [0.4, 0.5) is 0 Å². The third-order valence-corrected chi connectivity index (χ3v) is 5.25. The maximum Gasteiger partial charge on any atom is 0.0457 e. The minimum Gasteiger partial charge on any atom is -0.361 e. The third-order valence-electron chi connectivity index (χ3n) is 5.25. The first-order chi connectivity index (χ1) is 11.1. The average Bonchev–Trinajstić information content (AvgIpc) is 2.92. The van der Waals surface area contributed by atoms with E-state index in [0.29, 0.717) is 17.9 Å². The van der Waals surface area contributed by atoms with Gasteiger partial charge in [0.1, 0.15) is 0 Å². The largest absolute Gasteiger partial charge is 0.361 e. The van der Waals surface area contributed by atoms with E-state index < -0.39 is 0 Å². The number of nitrogens with zero attached hydrogens (tertiary/aromatic N) is 1. The van der Waals surface area contributed by atoms with Gasteiger partial charge in [-0.25, -0.2) is 0 Å². The predicted octanol–water partition coefficient (Wildman–Crippen LogP) is 4.03. The summed E-state index contributed by atoms with van der Waals surface area (Å²) in [6.45, 7) is 9.93. The summed E-state index contributed by atoms with van der Waals surface area (Å²) in [5, 5.41) is 1.36. The number of aromatic nitrogens is 1. The summed E-state index contributed by atoms with van der Waals surface area (Å²) in [6.07, 6.45) is 6.13. The van der Waals surface area contributed by atoms with Crippen molar-refractivity contribution in [2.24, 2.45) is 11.7 Å². The molecule has 0 saturated carbocycles. The van der Waals surface area contributed by atoms with Gasteiger partial charge in [-0.3, -0.25) is 4.90 Å². The van der Waals surface area contributed by atoms with E-state index in [2.05, 4.69) is 55.1 Å². The van der Waals surface area contributed by atoms with Crippen molar-refractivity contribution in [1.29, 1.82) is 0 Å². The number of H-pyrrole nitrogens is 1. The molecule has 3 rings (SSSR count). The predicted molar refractivity (Wildman–Crippen MR) is 98.9 cm³/mol. The Labute approximate surface area is 140 Å². The summed E-state index contributed by atoms with van der Waals surface area (Å²) in [5.41, 5.74) is 10.2. The van der Waals surface area contributed by atoms with Crippen LogP contribution >= 0.6 is 0 Å². The molecule has 3 N–H and O–H groups in total. The van der Waals surface area contributed by atoms with Crippen LogP contribution in [-0.4, -0.2) is 35.6 Å². The zero-order chi connectivity index (χ0) is 16.4. The van der Waals surface area contributed by atoms with Crippen LogP contribution in [-0.2, 0) is 0 Å². The molecule has 3 nitrogen and oxygen atoms in total.